The number of hydrogen-bond acceptors (Lipinski definition) is 6. The van der Waals surface area contributed by atoms with Gasteiger partial charge in [-0.1, -0.05) is 64.8 Å². The number of morpholine rings is 1. The molecular weight excluding hydrogens is 652 g/mol. The van der Waals surface area contributed by atoms with Gasteiger partial charge in [-0.25, -0.2) is 12.8 Å². The van der Waals surface area contributed by atoms with Crippen LogP contribution in [0.25, 0.3) is 0 Å². The van der Waals surface area contributed by atoms with E-state index in [1.54, 1.807) is 35.4 Å². The van der Waals surface area contributed by atoms with Gasteiger partial charge in [-0.15, -0.1) is 5.10 Å². The van der Waals surface area contributed by atoms with Crippen LogP contribution >= 0.6 is 23.2 Å². The van der Waals surface area contributed by atoms with Crippen molar-refractivity contribution in [3.05, 3.63) is 112 Å². The number of aromatic nitrogens is 3. The van der Waals surface area contributed by atoms with Gasteiger partial charge >= 0.3 is 0 Å². The van der Waals surface area contributed by atoms with Crippen molar-refractivity contribution in [2.45, 2.75) is 61.6 Å². The zero-order chi connectivity index (χ0) is 32.0. The number of rotatable bonds is 11. The SMILES string of the molecule is O=C1[C@H](Cc2cnn[nH]2)O[C@H](c2cccc(Cl)c2)[C@@H](c2ccc(Cl)cc2)N1[C@H](CN(c1ccccc1F)S(=O)(=O)C1CC1)C1CC1. The maximum Gasteiger partial charge on any atom is 0.253 e. The monoisotopic (exact) mass is 683 g/mol. The Balaban J connectivity index is 1.37. The summed E-state index contributed by atoms with van der Waals surface area (Å²) < 4.78 is 51.2. The van der Waals surface area contributed by atoms with Gasteiger partial charge in [0.2, 0.25) is 10.0 Å². The normalized spacial score (nSPS) is 22.5. The predicted octanol–water partition coefficient (Wildman–Crippen LogP) is 6.28. The summed E-state index contributed by atoms with van der Waals surface area (Å²) in [6, 6.07) is 19.2. The molecule has 4 aromatic rings. The van der Waals surface area contributed by atoms with Crippen LogP contribution in [0.2, 0.25) is 10.0 Å². The molecule has 0 spiro atoms. The molecule has 0 bridgehead atoms. The Labute approximate surface area is 276 Å². The molecule has 1 amide bonds. The molecule has 13 heteroatoms. The first-order valence-corrected chi connectivity index (χ1v) is 17.6. The number of halogens is 3. The number of aromatic amines is 1. The Hall–Kier alpha value is -3.51. The van der Waals surface area contributed by atoms with Crippen LogP contribution in [-0.4, -0.2) is 58.6 Å². The van der Waals surface area contributed by atoms with Crippen molar-refractivity contribution in [1.82, 2.24) is 20.3 Å². The van der Waals surface area contributed by atoms with Crippen LogP contribution in [0.15, 0.2) is 79.0 Å². The van der Waals surface area contributed by atoms with Crippen molar-refractivity contribution in [2.24, 2.45) is 5.92 Å². The van der Waals surface area contributed by atoms with Gasteiger partial charge < -0.3 is 9.64 Å². The lowest BCUT2D eigenvalue weighted by Crippen LogP contribution is -2.59. The topological polar surface area (TPSA) is 108 Å². The number of hydrogen-bond donors (Lipinski definition) is 1. The Morgan fingerprint density at radius 1 is 0.978 bits per heavy atom. The molecule has 240 valence electrons. The van der Waals surface area contributed by atoms with Crippen molar-refractivity contribution in [2.75, 3.05) is 10.8 Å². The zero-order valence-corrected chi connectivity index (χ0v) is 27.0. The number of ether oxygens (including phenoxy) is 1. The molecular formula is C33H32Cl2FN5O4S. The van der Waals surface area contributed by atoms with Crippen LogP contribution in [0.1, 0.15) is 54.6 Å². The van der Waals surface area contributed by atoms with Gasteiger partial charge in [0.15, 0.2) is 0 Å². The smallest absolute Gasteiger partial charge is 0.253 e. The van der Waals surface area contributed by atoms with Gasteiger partial charge in [0.25, 0.3) is 5.91 Å². The van der Waals surface area contributed by atoms with Gasteiger partial charge in [0.05, 0.1) is 41.5 Å². The molecule has 2 aliphatic carbocycles. The highest BCUT2D eigenvalue weighted by molar-refractivity contribution is 7.93. The molecule has 3 fully saturated rings. The third kappa shape index (κ3) is 6.25. The highest BCUT2D eigenvalue weighted by Crippen LogP contribution is 2.49. The molecule has 0 radical (unpaired) electrons. The lowest BCUT2D eigenvalue weighted by atomic mass is 9.89. The fourth-order valence-electron chi connectivity index (χ4n) is 6.38. The van der Waals surface area contributed by atoms with Crippen molar-refractivity contribution in [3.8, 4) is 0 Å². The van der Waals surface area contributed by atoms with E-state index in [0.29, 0.717) is 28.6 Å². The lowest BCUT2D eigenvalue weighted by Gasteiger charge is -2.49. The van der Waals surface area contributed by atoms with E-state index in [-0.39, 0.29) is 30.5 Å². The van der Waals surface area contributed by atoms with E-state index in [1.165, 1.54) is 22.5 Å². The fraction of sp³-hybridized carbons (Fsp3) is 0.364. The molecule has 1 N–H and O–H groups in total. The van der Waals surface area contributed by atoms with Gasteiger partial charge in [-0.05, 0) is 79.1 Å². The Kier molecular flexibility index (Phi) is 8.52. The number of para-hydroxylation sites is 1. The molecule has 3 aliphatic rings. The number of carbonyl (C=O) groups is 1. The average Bonchev–Trinajstić information content (AvgIpc) is 3.98. The number of amides is 1. The number of H-pyrrole nitrogens is 1. The van der Waals surface area contributed by atoms with Crippen LogP contribution < -0.4 is 4.31 Å². The molecule has 9 nitrogen and oxygen atoms in total. The lowest BCUT2D eigenvalue weighted by molar-refractivity contribution is -0.179. The number of nitrogens with zero attached hydrogens (tertiary/aromatic N) is 4. The highest BCUT2D eigenvalue weighted by atomic mass is 35.5. The van der Waals surface area contributed by atoms with Crippen LogP contribution in [0.5, 0.6) is 0 Å². The van der Waals surface area contributed by atoms with Crippen LogP contribution in [0.4, 0.5) is 10.1 Å². The van der Waals surface area contributed by atoms with Crippen molar-refractivity contribution in [1.29, 1.82) is 0 Å². The second kappa shape index (κ2) is 12.6. The Bertz CT molecular complexity index is 1820. The summed E-state index contributed by atoms with van der Waals surface area (Å²) >= 11 is 12.8. The number of benzene rings is 3. The summed E-state index contributed by atoms with van der Waals surface area (Å²) in [5.74, 6) is -0.942. The number of nitrogens with one attached hydrogen (secondary N) is 1. The van der Waals surface area contributed by atoms with E-state index in [1.807, 2.05) is 30.3 Å². The van der Waals surface area contributed by atoms with Crippen molar-refractivity contribution >= 4 is 44.8 Å². The molecule has 1 aliphatic heterocycles. The summed E-state index contributed by atoms with van der Waals surface area (Å²) in [5.41, 5.74) is 2.11. The molecule has 3 aromatic carbocycles. The second-order valence-corrected chi connectivity index (χ2v) is 15.2. The fourth-order valence-corrected chi connectivity index (χ4v) is 8.58. The van der Waals surface area contributed by atoms with Crippen LogP contribution in [-0.2, 0) is 26.0 Å². The standard InChI is InChI=1S/C33H32Cl2FN5O4S/c34-23-12-10-21(11-13-23)31-32(22-4-3-5-24(35)16-22)45-30(17-25-18-37-39-38-25)33(42)41(31)29(20-8-9-20)19-40(46(43,44)26-14-15-26)28-7-2-1-6-27(28)36/h1-7,10-13,16,18,20,26,29-32H,8-9,14-15,17,19H2,(H,37,38,39)/t29-,30+,31-,32-/m1/s1. The van der Waals surface area contributed by atoms with Crippen molar-refractivity contribution < 1.29 is 22.3 Å². The molecule has 46 heavy (non-hydrogen) atoms. The molecule has 2 heterocycles. The third-order valence-corrected chi connectivity index (χ3v) is 11.7. The molecule has 0 unspecified atom stereocenters. The highest BCUT2D eigenvalue weighted by Gasteiger charge is 2.52. The molecule has 7 rings (SSSR count). The van der Waals surface area contributed by atoms with Gasteiger partial charge in [-0.2, -0.15) is 0 Å². The average molecular weight is 685 g/mol. The third-order valence-electron chi connectivity index (χ3n) is 8.94. The van der Waals surface area contributed by atoms with Crippen molar-refractivity contribution in [3.63, 3.8) is 0 Å². The number of carbonyl (C=O) groups excluding carboxylic acids is 1. The summed E-state index contributed by atoms with van der Waals surface area (Å²) in [4.78, 5) is 16.5. The van der Waals surface area contributed by atoms with E-state index in [9.17, 15) is 13.2 Å². The first kappa shape index (κ1) is 31.1. The largest absolute Gasteiger partial charge is 0.358 e. The number of sulfonamides is 1. The molecule has 1 saturated heterocycles. The molecule has 1 aromatic heterocycles. The Morgan fingerprint density at radius 2 is 1.74 bits per heavy atom. The quantitative estimate of drug-likeness (QED) is 0.199. The van der Waals surface area contributed by atoms with E-state index in [4.69, 9.17) is 27.9 Å². The first-order valence-electron chi connectivity index (χ1n) is 15.3. The van der Waals surface area contributed by atoms with E-state index in [0.717, 1.165) is 24.0 Å². The second-order valence-electron chi connectivity index (χ2n) is 12.2. The summed E-state index contributed by atoms with van der Waals surface area (Å²) in [6.07, 6.45) is 2.72. The van der Waals surface area contributed by atoms with Gasteiger partial charge in [0.1, 0.15) is 18.0 Å². The van der Waals surface area contributed by atoms with E-state index in [2.05, 4.69) is 15.4 Å². The summed E-state index contributed by atoms with van der Waals surface area (Å²) in [7, 11) is -3.91. The zero-order valence-electron chi connectivity index (χ0n) is 24.7. The minimum absolute atomic E-state index is 0.00462. The molecule has 2 saturated carbocycles. The van der Waals surface area contributed by atoms with Crippen LogP contribution in [0.3, 0.4) is 0 Å². The van der Waals surface area contributed by atoms with Crippen LogP contribution in [0, 0.1) is 11.7 Å². The summed E-state index contributed by atoms with van der Waals surface area (Å²) in [6.45, 7) is -0.0964. The first-order chi connectivity index (χ1) is 22.2. The summed E-state index contributed by atoms with van der Waals surface area (Å²) in [5, 5.41) is 10.9. The van der Waals surface area contributed by atoms with Gasteiger partial charge in [-0.3, -0.25) is 14.2 Å². The number of anilines is 1. The van der Waals surface area contributed by atoms with E-state index < -0.39 is 45.4 Å². The minimum atomic E-state index is -3.91. The predicted molar refractivity (Wildman–Crippen MR) is 172 cm³/mol. The Morgan fingerprint density at radius 3 is 2.39 bits per heavy atom. The van der Waals surface area contributed by atoms with E-state index >= 15 is 4.39 Å². The maximum absolute atomic E-state index is 15.4. The maximum atomic E-state index is 15.4. The molecule has 4 atom stereocenters. The van der Waals surface area contributed by atoms with Gasteiger partial charge in [0, 0.05) is 16.5 Å². The minimum Gasteiger partial charge on any atom is -0.358 e.